The van der Waals surface area contributed by atoms with Gasteiger partial charge in [0.2, 0.25) is 0 Å². The minimum Gasteiger partial charge on any atom is -0.376 e. The van der Waals surface area contributed by atoms with Gasteiger partial charge in [-0.1, -0.05) is 19.9 Å². The van der Waals surface area contributed by atoms with Crippen LogP contribution in [-0.4, -0.2) is 46.5 Å². The zero-order valence-corrected chi connectivity index (χ0v) is 15.8. The number of anilines is 1. The molecule has 140 valence electrons. The van der Waals surface area contributed by atoms with E-state index in [0.717, 1.165) is 42.9 Å². The average Bonchev–Trinajstić information content (AvgIpc) is 3.28. The van der Waals surface area contributed by atoms with Crippen molar-refractivity contribution in [3.8, 4) is 5.69 Å². The maximum atomic E-state index is 12.6. The number of hydrogen-bond donors (Lipinski definition) is 1. The molecule has 1 aliphatic rings. The highest BCUT2D eigenvalue weighted by atomic mass is 16.5. The molecule has 1 atom stereocenters. The first-order valence-electron chi connectivity index (χ1n) is 9.31. The highest BCUT2D eigenvalue weighted by Gasteiger charge is 2.27. The van der Waals surface area contributed by atoms with Crippen LogP contribution in [-0.2, 0) is 4.74 Å². The molecule has 6 nitrogen and oxygen atoms in total. The highest BCUT2D eigenvalue weighted by molar-refractivity contribution is 5.90. The molecule has 0 saturated carbocycles. The third-order valence-corrected chi connectivity index (χ3v) is 4.71. The molecule has 0 radical (unpaired) electrons. The Morgan fingerprint density at radius 3 is 3.00 bits per heavy atom. The second-order valence-electron chi connectivity index (χ2n) is 7.29. The van der Waals surface area contributed by atoms with Gasteiger partial charge >= 0.3 is 6.03 Å². The first kappa shape index (κ1) is 18.5. The summed E-state index contributed by atoms with van der Waals surface area (Å²) in [6.45, 7) is 8.53. The number of hydrogen-bond acceptors (Lipinski definition) is 3. The summed E-state index contributed by atoms with van der Waals surface area (Å²) < 4.78 is 7.68. The van der Waals surface area contributed by atoms with Crippen LogP contribution >= 0.6 is 0 Å². The van der Waals surface area contributed by atoms with Crippen molar-refractivity contribution in [1.29, 1.82) is 0 Å². The molecule has 1 aliphatic heterocycles. The third-order valence-electron chi connectivity index (χ3n) is 4.71. The van der Waals surface area contributed by atoms with Crippen molar-refractivity contribution in [1.82, 2.24) is 14.7 Å². The number of aromatic nitrogens is 2. The van der Waals surface area contributed by atoms with E-state index in [9.17, 15) is 4.79 Å². The number of nitrogens with zero attached hydrogens (tertiary/aromatic N) is 3. The van der Waals surface area contributed by atoms with Gasteiger partial charge in [-0.15, -0.1) is 0 Å². The van der Waals surface area contributed by atoms with Gasteiger partial charge < -0.3 is 15.0 Å². The topological polar surface area (TPSA) is 59.4 Å². The molecular weight excluding hydrogens is 328 g/mol. The number of carbonyl (C=O) groups excluding carboxylic acids is 1. The third kappa shape index (κ3) is 4.64. The fourth-order valence-corrected chi connectivity index (χ4v) is 3.02. The van der Waals surface area contributed by atoms with Crippen molar-refractivity contribution < 1.29 is 9.53 Å². The molecule has 2 aromatic rings. The first-order valence-corrected chi connectivity index (χ1v) is 9.31. The number of nitrogens with one attached hydrogen (secondary N) is 1. The van der Waals surface area contributed by atoms with Gasteiger partial charge in [-0.05, 0) is 49.4 Å². The quantitative estimate of drug-likeness (QED) is 0.855. The van der Waals surface area contributed by atoms with Gasteiger partial charge in [0.15, 0.2) is 0 Å². The minimum absolute atomic E-state index is 0.0688. The lowest BCUT2D eigenvalue weighted by atomic mass is 10.1. The van der Waals surface area contributed by atoms with E-state index in [1.54, 1.807) is 10.9 Å². The summed E-state index contributed by atoms with van der Waals surface area (Å²) in [4.78, 5) is 14.5. The molecule has 6 heteroatoms. The lowest BCUT2D eigenvalue weighted by Gasteiger charge is -2.19. The molecule has 0 spiro atoms. The van der Waals surface area contributed by atoms with Crippen LogP contribution in [0.1, 0.15) is 32.3 Å². The van der Waals surface area contributed by atoms with Crippen molar-refractivity contribution in [2.75, 3.05) is 25.0 Å². The van der Waals surface area contributed by atoms with Gasteiger partial charge in [0.25, 0.3) is 0 Å². The summed E-state index contributed by atoms with van der Waals surface area (Å²) in [5.41, 5.74) is 2.76. The van der Waals surface area contributed by atoms with Crippen LogP contribution in [0.2, 0.25) is 0 Å². The van der Waals surface area contributed by atoms with Crippen LogP contribution in [0.4, 0.5) is 10.5 Å². The maximum Gasteiger partial charge on any atom is 0.321 e. The van der Waals surface area contributed by atoms with Gasteiger partial charge in [0.1, 0.15) is 0 Å². The molecule has 0 unspecified atom stereocenters. The second kappa shape index (κ2) is 8.36. The highest BCUT2D eigenvalue weighted by Crippen LogP contribution is 2.21. The number of aryl methyl sites for hydroxylation is 1. The SMILES string of the molecule is Cc1ccc(-n2cccn2)cc1NC(=O)N1CC[C@H](OCCC(C)C)C1. The number of urea groups is 1. The molecule has 1 aromatic heterocycles. The minimum atomic E-state index is -0.0688. The summed E-state index contributed by atoms with van der Waals surface area (Å²) in [6, 6.07) is 7.75. The molecule has 3 rings (SSSR count). The Hall–Kier alpha value is -2.34. The van der Waals surface area contributed by atoms with Crippen molar-refractivity contribution in [2.24, 2.45) is 5.92 Å². The van der Waals surface area contributed by atoms with Crippen LogP contribution in [0.5, 0.6) is 0 Å². The lowest BCUT2D eigenvalue weighted by molar-refractivity contribution is 0.0547. The predicted octanol–water partition coefficient (Wildman–Crippen LogP) is 3.85. The van der Waals surface area contributed by atoms with Gasteiger partial charge in [-0.3, -0.25) is 0 Å². The molecule has 1 saturated heterocycles. The Kier molecular flexibility index (Phi) is 5.93. The fraction of sp³-hybridized carbons (Fsp3) is 0.500. The van der Waals surface area contributed by atoms with Crippen LogP contribution in [0.3, 0.4) is 0 Å². The summed E-state index contributed by atoms with van der Waals surface area (Å²) in [6.07, 6.45) is 5.73. The molecule has 1 N–H and O–H groups in total. The average molecular weight is 356 g/mol. The van der Waals surface area contributed by atoms with E-state index in [-0.39, 0.29) is 12.1 Å². The largest absolute Gasteiger partial charge is 0.376 e. The summed E-state index contributed by atoms with van der Waals surface area (Å²) in [5, 5.41) is 7.28. The van der Waals surface area contributed by atoms with Crippen LogP contribution in [0.25, 0.3) is 5.69 Å². The smallest absolute Gasteiger partial charge is 0.321 e. The zero-order valence-electron chi connectivity index (χ0n) is 15.8. The number of carbonyl (C=O) groups is 1. The Morgan fingerprint density at radius 1 is 1.42 bits per heavy atom. The van der Waals surface area contributed by atoms with Gasteiger partial charge in [-0.2, -0.15) is 5.10 Å². The lowest BCUT2D eigenvalue weighted by Crippen LogP contribution is -2.34. The monoisotopic (exact) mass is 356 g/mol. The number of ether oxygens (including phenoxy) is 1. The standard InChI is InChI=1S/C20H28N4O2/c1-15(2)8-12-26-18-7-11-23(14-18)20(25)22-19-13-17(6-5-16(19)3)24-10-4-9-21-24/h4-6,9-10,13,15,18H,7-8,11-12,14H2,1-3H3,(H,22,25)/t18-/m0/s1. The number of benzene rings is 1. The Morgan fingerprint density at radius 2 is 2.27 bits per heavy atom. The Balaban J connectivity index is 1.57. The first-order chi connectivity index (χ1) is 12.5. The number of rotatable bonds is 6. The maximum absolute atomic E-state index is 12.6. The van der Waals surface area contributed by atoms with E-state index < -0.39 is 0 Å². The Bertz CT molecular complexity index is 727. The van der Waals surface area contributed by atoms with Crippen LogP contribution in [0.15, 0.2) is 36.7 Å². The summed E-state index contributed by atoms with van der Waals surface area (Å²) >= 11 is 0. The van der Waals surface area contributed by atoms with Crippen LogP contribution < -0.4 is 5.32 Å². The molecular formula is C20H28N4O2. The van der Waals surface area contributed by atoms with E-state index in [2.05, 4.69) is 24.3 Å². The number of amides is 2. The van der Waals surface area contributed by atoms with E-state index in [1.807, 2.05) is 42.3 Å². The zero-order chi connectivity index (χ0) is 18.5. The summed E-state index contributed by atoms with van der Waals surface area (Å²) in [7, 11) is 0. The van der Waals surface area contributed by atoms with E-state index in [4.69, 9.17) is 4.74 Å². The molecule has 2 amide bonds. The van der Waals surface area contributed by atoms with E-state index in [1.165, 1.54) is 0 Å². The van der Waals surface area contributed by atoms with Crippen molar-refractivity contribution in [2.45, 2.75) is 39.7 Å². The molecule has 26 heavy (non-hydrogen) atoms. The fourth-order valence-electron chi connectivity index (χ4n) is 3.02. The van der Waals surface area contributed by atoms with Crippen molar-refractivity contribution in [3.05, 3.63) is 42.2 Å². The summed E-state index contributed by atoms with van der Waals surface area (Å²) in [5.74, 6) is 0.640. The normalized spacial score (nSPS) is 17.1. The number of likely N-dealkylation sites (tertiary alicyclic amines) is 1. The molecule has 1 aromatic carbocycles. The van der Waals surface area contributed by atoms with E-state index >= 15 is 0 Å². The molecule has 2 heterocycles. The van der Waals surface area contributed by atoms with Gasteiger partial charge in [0.05, 0.1) is 11.8 Å². The van der Waals surface area contributed by atoms with Gasteiger partial charge in [0, 0.05) is 37.8 Å². The van der Waals surface area contributed by atoms with E-state index in [0.29, 0.717) is 12.5 Å². The molecule has 0 aliphatic carbocycles. The molecule has 0 bridgehead atoms. The molecule has 1 fully saturated rings. The van der Waals surface area contributed by atoms with Crippen LogP contribution in [0, 0.1) is 12.8 Å². The second-order valence-corrected chi connectivity index (χ2v) is 7.29. The van der Waals surface area contributed by atoms with Crippen molar-refractivity contribution in [3.63, 3.8) is 0 Å². The predicted molar refractivity (Wildman–Crippen MR) is 103 cm³/mol. The Labute approximate surface area is 155 Å². The van der Waals surface area contributed by atoms with Crippen molar-refractivity contribution >= 4 is 11.7 Å². The van der Waals surface area contributed by atoms with Gasteiger partial charge in [-0.25, -0.2) is 9.48 Å².